The highest BCUT2D eigenvalue weighted by Crippen LogP contribution is 2.17. The zero-order valence-corrected chi connectivity index (χ0v) is 10.8. The van der Waals surface area contributed by atoms with E-state index in [0.717, 1.165) is 6.08 Å². The molecule has 0 aliphatic rings. The molecule has 0 fully saturated rings. The van der Waals surface area contributed by atoms with Crippen molar-refractivity contribution in [1.82, 2.24) is 10.2 Å². The second-order valence-electron chi connectivity index (χ2n) is 4.13. The van der Waals surface area contributed by atoms with Gasteiger partial charge in [-0.2, -0.15) is 5.10 Å². The molecule has 0 bridgehead atoms. The Hall–Kier alpha value is -2.89. The Bertz CT molecular complexity index is 660. The molecular weight excluding hydrogens is 258 g/mol. The lowest BCUT2D eigenvalue weighted by molar-refractivity contribution is -0.131. The zero-order chi connectivity index (χ0) is 14.5. The normalized spacial score (nSPS) is 10.7. The lowest BCUT2D eigenvalue weighted by Crippen LogP contribution is -2.13. The number of carbonyl (C=O) groups is 2. The van der Waals surface area contributed by atoms with Crippen LogP contribution in [0.15, 0.2) is 36.7 Å². The van der Waals surface area contributed by atoms with E-state index < -0.39 is 5.97 Å². The molecule has 1 aromatic heterocycles. The van der Waals surface area contributed by atoms with Crippen LogP contribution in [0.4, 0.5) is 5.69 Å². The van der Waals surface area contributed by atoms with Crippen molar-refractivity contribution in [2.45, 2.75) is 6.92 Å². The van der Waals surface area contributed by atoms with E-state index in [9.17, 15) is 9.59 Å². The Labute approximate surface area is 115 Å². The van der Waals surface area contributed by atoms with Gasteiger partial charge in [-0.05, 0) is 30.2 Å². The van der Waals surface area contributed by atoms with Gasteiger partial charge in [-0.25, -0.2) is 4.79 Å². The molecule has 1 aromatic carbocycles. The minimum Gasteiger partial charge on any atom is -0.478 e. The quantitative estimate of drug-likeness (QED) is 0.742. The van der Waals surface area contributed by atoms with Gasteiger partial charge >= 0.3 is 5.97 Å². The van der Waals surface area contributed by atoms with Crippen LogP contribution in [0.3, 0.4) is 0 Å². The molecule has 6 nitrogen and oxygen atoms in total. The summed E-state index contributed by atoms with van der Waals surface area (Å²) in [5.74, 6) is -1.30. The van der Waals surface area contributed by atoms with Gasteiger partial charge in [0.25, 0.3) is 5.91 Å². The average molecular weight is 271 g/mol. The number of nitrogens with zero attached hydrogens (tertiary/aromatic N) is 1. The van der Waals surface area contributed by atoms with Crippen molar-refractivity contribution in [1.29, 1.82) is 0 Å². The maximum atomic E-state index is 12.1. The van der Waals surface area contributed by atoms with E-state index in [4.69, 9.17) is 5.11 Å². The van der Waals surface area contributed by atoms with E-state index in [1.807, 2.05) is 0 Å². The molecule has 1 heterocycles. The number of nitrogens with one attached hydrogen (secondary N) is 2. The van der Waals surface area contributed by atoms with Crippen LogP contribution in [0, 0.1) is 6.92 Å². The average Bonchev–Trinajstić information content (AvgIpc) is 2.90. The first kappa shape index (κ1) is 13.5. The van der Waals surface area contributed by atoms with Crippen molar-refractivity contribution in [3.05, 3.63) is 53.4 Å². The SMILES string of the molecule is Cc1c(C=CC(=O)O)cccc1C(=O)Nc1cn[nH]c1. The fourth-order valence-corrected chi connectivity index (χ4v) is 1.76. The number of benzene rings is 1. The number of hydrogen-bond donors (Lipinski definition) is 3. The van der Waals surface area contributed by atoms with Gasteiger partial charge in [0.05, 0.1) is 11.9 Å². The summed E-state index contributed by atoms with van der Waals surface area (Å²) in [5.41, 5.74) is 2.46. The zero-order valence-electron chi connectivity index (χ0n) is 10.8. The third kappa shape index (κ3) is 3.11. The summed E-state index contributed by atoms with van der Waals surface area (Å²) in [6.07, 6.45) is 5.58. The highest BCUT2D eigenvalue weighted by Gasteiger charge is 2.11. The first-order chi connectivity index (χ1) is 9.58. The maximum Gasteiger partial charge on any atom is 0.328 e. The van der Waals surface area contributed by atoms with E-state index in [2.05, 4.69) is 15.5 Å². The summed E-state index contributed by atoms with van der Waals surface area (Å²) < 4.78 is 0. The van der Waals surface area contributed by atoms with E-state index in [-0.39, 0.29) is 5.91 Å². The Morgan fingerprint density at radius 1 is 1.40 bits per heavy atom. The van der Waals surface area contributed by atoms with Crippen LogP contribution in [-0.4, -0.2) is 27.2 Å². The molecule has 2 rings (SSSR count). The minimum atomic E-state index is -1.03. The van der Waals surface area contributed by atoms with Gasteiger partial charge in [0, 0.05) is 17.8 Å². The van der Waals surface area contributed by atoms with Crippen LogP contribution in [0.2, 0.25) is 0 Å². The van der Waals surface area contributed by atoms with E-state index in [1.54, 1.807) is 31.3 Å². The van der Waals surface area contributed by atoms with Gasteiger partial charge in [-0.15, -0.1) is 0 Å². The molecule has 0 atom stereocenters. The van der Waals surface area contributed by atoms with E-state index >= 15 is 0 Å². The van der Waals surface area contributed by atoms with Crippen LogP contribution in [0.25, 0.3) is 6.08 Å². The molecule has 2 aromatic rings. The number of hydrogen-bond acceptors (Lipinski definition) is 3. The predicted molar refractivity (Wildman–Crippen MR) is 74.4 cm³/mol. The van der Waals surface area contributed by atoms with E-state index in [1.165, 1.54) is 12.3 Å². The fraction of sp³-hybridized carbons (Fsp3) is 0.0714. The summed E-state index contributed by atoms with van der Waals surface area (Å²) in [6, 6.07) is 5.14. The molecule has 102 valence electrons. The van der Waals surface area contributed by atoms with Crippen LogP contribution >= 0.6 is 0 Å². The topological polar surface area (TPSA) is 95.1 Å². The highest BCUT2D eigenvalue weighted by atomic mass is 16.4. The Kier molecular flexibility index (Phi) is 3.95. The number of carboxylic acids is 1. The summed E-state index contributed by atoms with van der Waals surface area (Å²) in [6.45, 7) is 1.77. The lowest BCUT2D eigenvalue weighted by Gasteiger charge is -2.08. The number of carbonyl (C=O) groups excluding carboxylic acids is 1. The third-order valence-electron chi connectivity index (χ3n) is 2.78. The van der Waals surface area contributed by atoms with Gasteiger partial charge in [0.15, 0.2) is 0 Å². The lowest BCUT2D eigenvalue weighted by atomic mass is 10.0. The molecule has 0 spiro atoms. The van der Waals surface area contributed by atoms with E-state index in [0.29, 0.717) is 22.4 Å². The fourth-order valence-electron chi connectivity index (χ4n) is 1.76. The molecule has 3 N–H and O–H groups in total. The number of rotatable bonds is 4. The number of amides is 1. The molecule has 1 amide bonds. The molecule has 0 unspecified atom stereocenters. The number of H-pyrrole nitrogens is 1. The van der Waals surface area contributed by atoms with Crippen LogP contribution in [0.1, 0.15) is 21.5 Å². The van der Waals surface area contributed by atoms with Crippen molar-refractivity contribution in [3.63, 3.8) is 0 Å². The first-order valence-corrected chi connectivity index (χ1v) is 5.88. The molecule has 0 aliphatic carbocycles. The monoisotopic (exact) mass is 271 g/mol. The predicted octanol–water partition coefficient (Wildman–Crippen LogP) is 2.07. The van der Waals surface area contributed by atoms with Crippen molar-refractivity contribution in [2.75, 3.05) is 5.32 Å². The summed E-state index contributed by atoms with van der Waals surface area (Å²) in [4.78, 5) is 22.7. The molecule has 0 saturated heterocycles. The molecule has 0 aliphatic heterocycles. The Morgan fingerprint density at radius 2 is 2.20 bits per heavy atom. The molecule has 20 heavy (non-hydrogen) atoms. The number of aromatic amines is 1. The molecule has 0 radical (unpaired) electrons. The number of anilines is 1. The van der Waals surface area contributed by atoms with Crippen LogP contribution in [0.5, 0.6) is 0 Å². The smallest absolute Gasteiger partial charge is 0.328 e. The standard InChI is InChI=1S/C14H13N3O3/c1-9-10(5-6-13(18)19)3-2-4-12(9)14(20)17-11-7-15-16-8-11/h2-8H,1H3,(H,15,16)(H,17,20)(H,18,19). The van der Waals surface area contributed by atoms with Gasteiger partial charge in [0.2, 0.25) is 0 Å². The number of carboxylic acid groups (broad SMARTS) is 1. The molecule has 6 heteroatoms. The van der Waals surface area contributed by atoms with Crippen molar-refractivity contribution in [2.24, 2.45) is 0 Å². The largest absolute Gasteiger partial charge is 0.478 e. The first-order valence-electron chi connectivity index (χ1n) is 5.88. The van der Waals surface area contributed by atoms with Crippen molar-refractivity contribution < 1.29 is 14.7 Å². The van der Waals surface area contributed by atoms with Crippen molar-refractivity contribution >= 4 is 23.6 Å². The van der Waals surface area contributed by atoms with Crippen LogP contribution in [-0.2, 0) is 4.79 Å². The summed E-state index contributed by atoms with van der Waals surface area (Å²) in [7, 11) is 0. The Balaban J connectivity index is 2.26. The maximum absolute atomic E-state index is 12.1. The van der Waals surface area contributed by atoms with Gasteiger partial charge in [-0.3, -0.25) is 9.89 Å². The van der Waals surface area contributed by atoms with Gasteiger partial charge < -0.3 is 10.4 Å². The number of aliphatic carboxylic acids is 1. The third-order valence-corrected chi connectivity index (χ3v) is 2.78. The highest BCUT2D eigenvalue weighted by molar-refractivity contribution is 6.05. The van der Waals surface area contributed by atoms with Crippen molar-refractivity contribution in [3.8, 4) is 0 Å². The van der Waals surface area contributed by atoms with Gasteiger partial charge in [0.1, 0.15) is 0 Å². The van der Waals surface area contributed by atoms with Crippen LogP contribution < -0.4 is 5.32 Å². The summed E-state index contributed by atoms with van der Waals surface area (Å²) >= 11 is 0. The number of aromatic nitrogens is 2. The summed E-state index contributed by atoms with van der Waals surface area (Å²) in [5, 5.41) is 17.7. The van der Waals surface area contributed by atoms with Gasteiger partial charge in [-0.1, -0.05) is 12.1 Å². The molecule has 0 saturated carbocycles. The minimum absolute atomic E-state index is 0.269. The Morgan fingerprint density at radius 3 is 2.85 bits per heavy atom. The second kappa shape index (κ2) is 5.83. The second-order valence-corrected chi connectivity index (χ2v) is 4.13. The molecular formula is C14H13N3O3.